The molecule has 1 aromatic carbocycles. The standard InChI is InChI=1S/C21H22FN5O2S/c1-4-14-10-18(27(2)26-14)20(28)24-11-15-8-12-7-13(22)9-16(19(12)29-15)17-5-6-23-21(25-17)30-3/h5-7,9-10,15H,4,8,11H2,1-3H3,(H,24,28)/t15-/m0/s1. The van der Waals surface area contributed by atoms with Crippen molar-refractivity contribution in [3.63, 3.8) is 0 Å². The molecule has 156 valence electrons. The summed E-state index contributed by atoms with van der Waals surface area (Å²) in [5.74, 6) is 0.0506. The van der Waals surface area contributed by atoms with Crippen LogP contribution in [0.15, 0.2) is 35.6 Å². The molecule has 0 saturated carbocycles. The minimum Gasteiger partial charge on any atom is -0.487 e. The van der Waals surface area contributed by atoms with E-state index in [9.17, 15) is 9.18 Å². The number of amides is 1. The number of hydrogen-bond acceptors (Lipinski definition) is 6. The first-order valence-corrected chi connectivity index (χ1v) is 10.9. The van der Waals surface area contributed by atoms with Crippen molar-refractivity contribution < 1.29 is 13.9 Å². The van der Waals surface area contributed by atoms with E-state index >= 15 is 0 Å². The quantitative estimate of drug-likeness (QED) is 0.481. The number of halogens is 1. The summed E-state index contributed by atoms with van der Waals surface area (Å²) in [5.41, 5.74) is 3.33. The van der Waals surface area contributed by atoms with E-state index < -0.39 is 0 Å². The van der Waals surface area contributed by atoms with Crippen LogP contribution < -0.4 is 10.1 Å². The fourth-order valence-corrected chi connectivity index (χ4v) is 3.85. The van der Waals surface area contributed by atoms with Crippen LogP contribution in [0.4, 0.5) is 4.39 Å². The van der Waals surface area contributed by atoms with Crippen LogP contribution in [0.5, 0.6) is 5.75 Å². The van der Waals surface area contributed by atoms with Gasteiger partial charge in [0.25, 0.3) is 5.91 Å². The normalized spacial score (nSPS) is 15.0. The molecule has 1 amide bonds. The average Bonchev–Trinajstić information content (AvgIpc) is 3.34. The number of rotatable bonds is 6. The van der Waals surface area contributed by atoms with Gasteiger partial charge in [-0.3, -0.25) is 9.48 Å². The Balaban J connectivity index is 1.50. The maximum Gasteiger partial charge on any atom is 0.269 e. The molecule has 0 fully saturated rings. The molecule has 0 spiro atoms. The molecule has 4 rings (SSSR count). The van der Waals surface area contributed by atoms with Gasteiger partial charge in [0.1, 0.15) is 23.4 Å². The molecule has 0 bridgehead atoms. The zero-order valence-corrected chi connectivity index (χ0v) is 17.8. The molecule has 0 aliphatic carbocycles. The van der Waals surface area contributed by atoms with E-state index in [-0.39, 0.29) is 17.8 Å². The third kappa shape index (κ3) is 4.02. The van der Waals surface area contributed by atoms with Gasteiger partial charge in [-0.2, -0.15) is 5.10 Å². The van der Waals surface area contributed by atoms with Crippen LogP contribution in [0.3, 0.4) is 0 Å². The Bertz CT molecular complexity index is 1100. The maximum atomic E-state index is 14.2. The Kier molecular flexibility index (Phi) is 5.72. The van der Waals surface area contributed by atoms with Gasteiger partial charge in [0.05, 0.1) is 17.9 Å². The van der Waals surface area contributed by atoms with Crippen LogP contribution >= 0.6 is 11.8 Å². The van der Waals surface area contributed by atoms with Crippen LogP contribution in [0.1, 0.15) is 28.7 Å². The number of thioether (sulfide) groups is 1. The first-order chi connectivity index (χ1) is 14.5. The molecule has 0 unspecified atom stereocenters. The lowest BCUT2D eigenvalue weighted by molar-refractivity contribution is 0.0924. The zero-order chi connectivity index (χ0) is 21.3. The number of fused-ring (bicyclic) bond motifs is 1. The average molecular weight is 428 g/mol. The predicted octanol–water partition coefficient (Wildman–Crippen LogP) is 3.03. The van der Waals surface area contributed by atoms with E-state index in [0.29, 0.717) is 40.8 Å². The zero-order valence-electron chi connectivity index (χ0n) is 17.0. The highest BCUT2D eigenvalue weighted by Gasteiger charge is 2.28. The van der Waals surface area contributed by atoms with Gasteiger partial charge < -0.3 is 10.1 Å². The van der Waals surface area contributed by atoms with E-state index in [1.54, 1.807) is 30.1 Å². The Hall–Kier alpha value is -2.94. The largest absolute Gasteiger partial charge is 0.487 e. The third-order valence-electron chi connectivity index (χ3n) is 4.97. The first kappa shape index (κ1) is 20.3. The SMILES string of the molecule is CCc1cc(C(=O)NC[C@@H]2Cc3cc(F)cc(-c4ccnc(SC)n4)c3O2)n(C)n1. The van der Waals surface area contributed by atoms with Crippen LogP contribution in [-0.2, 0) is 19.9 Å². The minimum absolute atomic E-state index is 0.212. The Morgan fingerprint density at radius 2 is 2.23 bits per heavy atom. The Labute approximate surface area is 178 Å². The summed E-state index contributed by atoms with van der Waals surface area (Å²) in [7, 11) is 1.75. The lowest BCUT2D eigenvalue weighted by atomic mass is 10.0. The highest BCUT2D eigenvalue weighted by molar-refractivity contribution is 7.98. The number of nitrogens with one attached hydrogen (secondary N) is 1. The molecule has 1 aliphatic rings. The Morgan fingerprint density at radius 3 is 2.97 bits per heavy atom. The molecular weight excluding hydrogens is 405 g/mol. The molecule has 1 N–H and O–H groups in total. The smallest absolute Gasteiger partial charge is 0.269 e. The number of aryl methyl sites for hydroxylation is 2. The van der Waals surface area contributed by atoms with Gasteiger partial charge in [-0.1, -0.05) is 18.7 Å². The molecule has 0 radical (unpaired) electrons. The van der Waals surface area contributed by atoms with Crippen molar-refractivity contribution in [2.45, 2.75) is 31.0 Å². The van der Waals surface area contributed by atoms with Gasteiger partial charge in [0.2, 0.25) is 0 Å². The van der Waals surface area contributed by atoms with Crippen molar-refractivity contribution in [3.8, 4) is 17.0 Å². The van der Waals surface area contributed by atoms with Crippen LogP contribution in [0.25, 0.3) is 11.3 Å². The molecule has 1 atom stereocenters. The maximum absolute atomic E-state index is 14.2. The van der Waals surface area contributed by atoms with E-state index in [0.717, 1.165) is 17.7 Å². The second kappa shape index (κ2) is 8.43. The summed E-state index contributed by atoms with van der Waals surface area (Å²) < 4.78 is 21.9. The minimum atomic E-state index is -0.344. The van der Waals surface area contributed by atoms with E-state index in [1.165, 1.54) is 23.9 Å². The summed E-state index contributed by atoms with van der Waals surface area (Å²) in [5, 5.41) is 7.81. The summed E-state index contributed by atoms with van der Waals surface area (Å²) in [6.07, 6.45) is 4.52. The predicted molar refractivity (Wildman–Crippen MR) is 112 cm³/mol. The monoisotopic (exact) mass is 427 g/mol. The van der Waals surface area contributed by atoms with Gasteiger partial charge in [-0.25, -0.2) is 14.4 Å². The van der Waals surface area contributed by atoms with Crippen molar-refractivity contribution >= 4 is 17.7 Å². The molecule has 7 nitrogen and oxygen atoms in total. The molecule has 9 heteroatoms. The number of benzene rings is 1. The number of hydrogen-bond donors (Lipinski definition) is 1. The number of aromatic nitrogens is 4. The summed E-state index contributed by atoms with van der Waals surface area (Å²) in [6, 6.07) is 6.42. The fraction of sp³-hybridized carbons (Fsp3) is 0.333. The van der Waals surface area contributed by atoms with Crippen molar-refractivity contribution in [1.29, 1.82) is 0 Å². The molecule has 3 aromatic rings. The molecule has 1 aliphatic heterocycles. The van der Waals surface area contributed by atoms with E-state index in [2.05, 4.69) is 20.4 Å². The molecule has 3 heterocycles. The van der Waals surface area contributed by atoms with Crippen LogP contribution in [0, 0.1) is 5.82 Å². The van der Waals surface area contributed by atoms with Crippen LogP contribution in [0.2, 0.25) is 0 Å². The number of ether oxygens (including phenoxy) is 1. The lowest BCUT2D eigenvalue weighted by Gasteiger charge is -2.13. The number of nitrogens with zero attached hydrogens (tertiary/aromatic N) is 4. The lowest BCUT2D eigenvalue weighted by Crippen LogP contribution is -2.35. The highest BCUT2D eigenvalue weighted by Crippen LogP contribution is 2.39. The van der Waals surface area contributed by atoms with Gasteiger partial charge in [-0.15, -0.1) is 0 Å². The van der Waals surface area contributed by atoms with Gasteiger partial charge in [-0.05, 0) is 36.9 Å². The number of carbonyl (C=O) groups is 1. The molecule has 2 aromatic heterocycles. The fourth-order valence-electron chi connectivity index (χ4n) is 3.50. The second-order valence-electron chi connectivity index (χ2n) is 7.02. The summed E-state index contributed by atoms with van der Waals surface area (Å²) in [6.45, 7) is 2.30. The van der Waals surface area contributed by atoms with E-state index in [1.807, 2.05) is 13.2 Å². The van der Waals surface area contributed by atoms with Gasteiger partial charge >= 0.3 is 0 Å². The number of carbonyl (C=O) groups excluding carboxylic acids is 1. The molecular formula is C21H22FN5O2S. The summed E-state index contributed by atoms with van der Waals surface area (Å²) in [4.78, 5) is 21.2. The van der Waals surface area contributed by atoms with Gasteiger partial charge in [0.15, 0.2) is 5.16 Å². The topological polar surface area (TPSA) is 81.9 Å². The molecule has 30 heavy (non-hydrogen) atoms. The molecule has 0 saturated heterocycles. The highest BCUT2D eigenvalue weighted by atomic mass is 32.2. The summed E-state index contributed by atoms with van der Waals surface area (Å²) >= 11 is 1.42. The third-order valence-corrected chi connectivity index (χ3v) is 5.53. The first-order valence-electron chi connectivity index (χ1n) is 9.66. The van der Waals surface area contributed by atoms with Crippen molar-refractivity contribution in [1.82, 2.24) is 25.1 Å². The second-order valence-corrected chi connectivity index (χ2v) is 7.80. The van der Waals surface area contributed by atoms with Crippen molar-refractivity contribution in [3.05, 3.63) is 53.2 Å². The Morgan fingerprint density at radius 1 is 1.40 bits per heavy atom. The van der Waals surface area contributed by atoms with Crippen LogP contribution in [-0.4, -0.2) is 44.6 Å². The van der Waals surface area contributed by atoms with E-state index in [4.69, 9.17) is 4.74 Å². The van der Waals surface area contributed by atoms with Crippen molar-refractivity contribution in [2.24, 2.45) is 7.05 Å². The van der Waals surface area contributed by atoms with Crippen molar-refractivity contribution in [2.75, 3.05) is 12.8 Å². The van der Waals surface area contributed by atoms with Gasteiger partial charge in [0, 0.05) is 30.8 Å².